The van der Waals surface area contributed by atoms with Gasteiger partial charge in [0.25, 0.3) is 0 Å². The number of carbonyl (C=O) groups is 1. The van der Waals surface area contributed by atoms with Crippen LogP contribution in [0.15, 0.2) is 48.0 Å². The van der Waals surface area contributed by atoms with Crippen molar-refractivity contribution < 1.29 is 28.9 Å². The van der Waals surface area contributed by atoms with Crippen LogP contribution < -0.4 is 24.3 Å². The number of hydrogen-bond donors (Lipinski definition) is 2. The Bertz CT molecular complexity index is 1350. The lowest BCUT2D eigenvalue weighted by Crippen LogP contribution is -2.56. The van der Waals surface area contributed by atoms with Gasteiger partial charge in [0.15, 0.2) is 23.0 Å². The van der Waals surface area contributed by atoms with Crippen molar-refractivity contribution in [3.05, 3.63) is 59.2 Å². The van der Waals surface area contributed by atoms with Gasteiger partial charge in [-0.15, -0.1) is 0 Å². The van der Waals surface area contributed by atoms with Crippen molar-refractivity contribution in [2.24, 2.45) is 5.92 Å². The van der Waals surface area contributed by atoms with E-state index in [0.717, 1.165) is 49.4 Å². The number of ether oxygens (including phenoxy) is 4. The largest absolute Gasteiger partial charge is 0.493 e. The first-order valence-electron chi connectivity index (χ1n) is 16.2. The van der Waals surface area contributed by atoms with Gasteiger partial charge in [0.2, 0.25) is 5.91 Å². The van der Waals surface area contributed by atoms with Gasteiger partial charge in [-0.05, 0) is 108 Å². The van der Waals surface area contributed by atoms with Crippen molar-refractivity contribution >= 4 is 5.91 Å². The zero-order valence-electron chi connectivity index (χ0n) is 30.0. The van der Waals surface area contributed by atoms with Crippen molar-refractivity contribution in [1.82, 2.24) is 15.3 Å². The molecule has 1 aliphatic rings. The van der Waals surface area contributed by atoms with Crippen LogP contribution in [0.4, 0.5) is 0 Å². The first-order valence-corrected chi connectivity index (χ1v) is 16.2. The molecule has 0 radical (unpaired) electrons. The van der Waals surface area contributed by atoms with Crippen LogP contribution >= 0.6 is 0 Å². The highest BCUT2D eigenvalue weighted by Gasteiger charge is 2.43. The monoisotopic (exact) mass is 639 g/mol. The third kappa shape index (κ3) is 8.55. The van der Waals surface area contributed by atoms with E-state index in [1.165, 1.54) is 10.6 Å². The summed E-state index contributed by atoms with van der Waals surface area (Å²) in [6.45, 7) is 14.5. The molecule has 256 valence electrons. The maximum absolute atomic E-state index is 13.7. The maximum Gasteiger partial charge on any atom is 0.247 e. The van der Waals surface area contributed by atoms with Crippen LogP contribution in [0.3, 0.4) is 0 Å². The summed E-state index contributed by atoms with van der Waals surface area (Å²) in [4.78, 5) is 16.1. The second-order valence-corrected chi connectivity index (χ2v) is 14.0. The second-order valence-electron chi connectivity index (χ2n) is 14.0. The first-order chi connectivity index (χ1) is 21.6. The Morgan fingerprint density at radius 2 is 1.52 bits per heavy atom. The molecular formula is C37H57N3O6. The Labute approximate surface area is 276 Å². The van der Waals surface area contributed by atoms with E-state index in [1.54, 1.807) is 28.4 Å². The number of rotatable bonds is 16. The molecule has 0 aliphatic carbocycles. The topological polar surface area (TPSA) is 92.7 Å². The van der Waals surface area contributed by atoms with Gasteiger partial charge in [-0.1, -0.05) is 32.1 Å². The summed E-state index contributed by atoms with van der Waals surface area (Å²) in [5.74, 6) is 2.94. The maximum atomic E-state index is 13.7. The van der Waals surface area contributed by atoms with Crippen molar-refractivity contribution in [3.63, 3.8) is 0 Å². The number of nitrogens with zero attached hydrogens (tertiary/aromatic N) is 2. The third-order valence-electron chi connectivity index (χ3n) is 9.58. The molecule has 0 saturated carbocycles. The summed E-state index contributed by atoms with van der Waals surface area (Å²) in [5, 5.41) is 15.4. The van der Waals surface area contributed by atoms with Gasteiger partial charge < -0.3 is 34.4 Å². The molecule has 0 aromatic heterocycles. The fraction of sp³-hybridized carbons (Fsp3) is 0.595. The molecule has 2 aromatic carbocycles. The van der Waals surface area contributed by atoms with Gasteiger partial charge in [-0.3, -0.25) is 4.79 Å². The summed E-state index contributed by atoms with van der Waals surface area (Å²) in [7, 11) is 8.75. The number of hydrogen-bond acceptors (Lipinski definition) is 8. The van der Waals surface area contributed by atoms with Crippen LogP contribution in [0.5, 0.6) is 23.0 Å². The average molecular weight is 640 g/mol. The molecule has 1 aliphatic heterocycles. The highest BCUT2D eigenvalue weighted by molar-refractivity contribution is 5.94. The van der Waals surface area contributed by atoms with Crippen LogP contribution in [0.2, 0.25) is 0 Å². The van der Waals surface area contributed by atoms with E-state index >= 15 is 0 Å². The molecule has 3 rings (SSSR count). The molecule has 0 bridgehead atoms. The Balaban J connectivity index is 1.81. The van der Waals surface area contributed by atoms with E-state index in [2.05, 4.69) is 49.3 Å². The van der Waals surface area contributed by atoms with E-state index in [4.69, 9.17) is 18.9 Å². The predicted molar refractivity (Wildman–Crippen MR) is 184 cm³/mol. The minimum Gasteiger partial charge on any atom is -0.493 e. The van der Waals surface area contributed by atoms with Crippen LogP contribution in [-0.4, -0.2) is 87.3 Å². The number of hydroxylamine groups is 2. The van der Waals surface area contributed by atoms with Crippen molar-refractivity contribution in [1.29, 1.82) is 0 Å². The number of methoxy groups -OCH3 is 4. The lowest BCUT2D eigenvalue weighted by molar-refractivity contribution is -0.214. The molecule has 9 heteroatoms. The molecular weight excluding hydrogens is 582 g/mol. The minimum absolute atomic E-state index is 0.0909. The highest BCUT2D eigenvalue weighted by atomic mass is 16.5. The highest BCUT2D eigenvalue weighted by Crippen LogP contribution is 2.41. The van der Waals surface area contributed by atoms with Gasteiger partial charge in [0.1, 0.15) is 0 Å². The number of carbonyl (C=O) groups excluding carboxylic acids is 1. The van der Waals surface area contributed by atoms with E-state index in [0.29, 0.717) is 30.0 Å². The smallest absolute Gasteiger partial charge is 0.247 e. The average Bonchev–Trinajstić information content (AvgIpc) is 3.02. The SMILES string of the molecule is COc1ccc(CCN(C)CCCC(CNC(=O)C2=CC(C)(C)N(O)C(C)(C)C2)(c2ccc(OC)c(OC)c2)C(C)C)cc1OC. The van der Waals surface area contributed by atoms with Crippen LogP contribution in [-0.2, 0) is 16.6 Å². The molecule has 1 unspecified atom stereocenters. The van der Waals surface area contributed by atoms with Crippen molar-refractivity contribution in [2.45, 2.75) is 83.7 Å². The quantitative estimate of drug-likeness (QED) is 0.222. The summed E-state index contributed by atoms with van der Waals surface area (Å²) in [5.41, 5.74) is 1.41. The Kier molecular flexibility index (Phi) is 12.6. The van der Waals surface area contributed by atoms with Crippen LogP contribution in [0.1, 0.15) is 71.9 Å². The second kappa shape index (κ2) is 15.5. The predicted octanol–water partition coefficient (Wildman–Crippen LogP) is 6.26. The molecule has 1 atom stereocenters. The fourth-order valence-corrected chi connectivity index (χ4v) is 6.80. The molecule has 2 N–H and O–H groups in total. The number of likely N-dealkylation sites (N-methyl/N-ethyl adjacent to an activating group) is 1. The normalized spacial score (nSPS) is 17.3. The van der Waals surface area contributed by atoms with Gasteiger partial charge >= 0.3 is 0 Å². The standard InChI is InChI=1S/C37H57N3O6/c1-26(2)37(29-14-16-31(44-9)33(22-29)46-11,25-38-34(41)28-23-35(3,4)40(42)36(5,6)24-28)18-12-19-39(7)20-17-27-13-15-30(43-8)32(21-27)45-10/h13-16,21-23,26,42H,12,17-20,24-25H2,1-11H3,(H,38,41). The summed E-state index contributed by atoms with van der Waals surface area (Å²) < 4.78 is 22.1. The van der Waals surface area contributed by atoms with E-state index < -0.39 is 11.1 Å². The van der Waals surface area contributed by atoms with Gasteiger partial charge in [-0.2, -0.15) is 5.06 Å². The summed E-state index contributed by atoms with van der Waals surface area (Å²) in [6, 6.07) is 12.2. The number of benzene rings is 2. The van der Waals surface area contributed by atoms with Crippen LogP contribution in [0, 0.1) is 5.92 Å². The van der Waals surface area contributed by atoms with Gasteiger partial charge in [0.05, 0.1) is 34.0 Å². The number of amides is 1. The zero-order chi connectivity index (χ0) is 34.3. The van der Waals surface area contributed by atoms with Crippen molar-refractivity contribution in [2.75, 3.05) is 55.1 Å². The Hall–Kier alpha value is -3.27. The summed E-state index contributed by atoms with van der Waals surface area (Å²) >= 11 is 0. The van der Waals surface area contributed by atoms with Gasteiger partial charge in [0, 0.05) is 29.6 Å². The minimum atomic E-state index is -0.658. The zero-order valence-corrected chi connectivity index (χ0v) is 30.0. The lowest BCUT2D eigenvalue weighted by Gasteiger charge is -2.47. The number of nitrogens with one attached hydrogen (secondary N) is 1. The van der Waals surface area contributed by atoms with E-state index in [1.807, 2.05) is 52.0 Å². The molecule has 1 amide bonds. The van der Waals surface area contributed by atoms with E-state index in [9.17, 15) is 10.0 Å². The molecule has 46 heavy (non-hydrogen) atoms. The third-order valence-corrected chi connectivity index (χ3v) is 9.58. The van der Waals surface area contributed by atoms with Crippen molar-refractivity contribution in [3.8, 4) is 23.0 Å². The molecule has 2 aromatic rings. The Morgan fingerprint density at radius 1 is 0.935 bits per heavy atom. The molecule has 1 heterocycles. The molecule has 0 fully saturated rings. The molecule has 0 saturated heterocycles. The fourth-order valence-electron chi connectivity index (χ4n) is 6.80. The summed E-state index contributed by atoms with van der Waals surface area (Å²) in [6.07, 6.45) is 5.03. The first kappa shape index (κ1) is 37.2. The molecule has 9 nitrogen and oxygen atoms in total. The van der Waals surface area contributed by atoms with Crippen LogP contribution in [0.25, 0.3) is 0 Å². The van der Waals surface area contributed by atoms with E-state index in [-0.39, 0.29) is 17.2 Å². The van der Waals surface area contributed by atoms with Gasteiger partial charge in [-0.25, -0.2) is 0 Å². The molecule has 0 spiro atoms. The lowest BCUT2D eigenvalue weighted by atomic mass is 9.68. The Morgan fingerprint density at radius 3 is 2.09 bits per heavy atom.